The number of methoxy groups -OCH3 is 1. The molecule has 196 valence electrons. The van der Waals surface area contributed by atoms with Crippen LogP contribution in [0, 0.1) is 0 Å². The summed E-state index contributed by atoms with van der Waals surface area (Å²) in [6.45, 7) is 5.25. The van der Waals surface area contributed by atoms with Crippen molar-refractivity contribution in [2.24, 2.45) is 0 Å². The Labute approximate surface area is 207 Å². The number of anilines is 1. The number of H-pyrrole nitrogens is 1. The number of halogens is 3. The van der Waals surface area contributed by atoms with Gasteiger partial charge in [-0.15, -0.1) is 0 Å². The number of aromatic nitrogens is 3. The lowest BCUT2D eigenvalue weighted by Crippen LogP contribution is -2.46. The van der Waals surface area contributed by atoms with Crippen molar-refractivity contribution in [1.29, 1.82) is 0 Å². The number of nitrogens with zero attached hydrogens (tertiary/aromatic N) is 5. The average Bonchev–Trinajstić information content (AvgIpc) is 3.26. The Kier molecular flexibility index (Phi) is 7.71. The van der Waals surface area contributed by atoms with Crippen molar-refractivity contribution in [2.45, 2.75) is 24.9 Å². The van der Waals surface area contributed by atoms with E-state index in [9.17, 15) is 21.6 Å². The molecule has 4 rings (SSSR count). The third-order valence-electron chi connectivity index (χ3n) is 6.50. The van der Waals surface area contributed by atoms with Gasteiger partial charge in [0.15, 0.2) is 5.75 Å². The second-order valence-electron chi connectivity index (χ2n) is 8.72. The minimum absolute atomic E-state index is 0.0304. The minimum Gasteiger partial charge on any atom is -0.493 e. The van der Waals surface area contributed by atoms with E-state index in [0.29, 0.717) is 12.3 Å². The Morgan fingerprint density at radius 2 is 1.89 bits per heavy atom. The van der Waals surface area contributed by atoms with Gasteiger partial charge in [-0.05, 0) is 43.1 Å². The number of nitrogens with one attached hydrogen (secondary N) is 1. The molecule has 0 saturated carbocycles. The SMILES string of the molecule is COc1cncnc1CN1CCN(CCCc2c[nH]c3ccc(N(C)S(=O)(=O)C(F)(F)F)cc23)CC1. The lowest BCUT2D eigenvalue weighted by molar-refractivity contribution is -0.0437. The lowest BCUT2D eigenvalue weighted by Gasteiger charge is -2.34. The van der Waals surface area contributed by atoms with Gasteiger partial charge in [-0.2, -0.15) is 21.6 Å². The molecular formula is C23H29F3N6O3S. The molecule has 1 saturated heterocycles. The fraction of sp³-hybridized carbons (Fsp3) is 0.478. The molecule has 9 nitrogen and oxygen atoms in total. The van der Waals surface area contributed by atoms with Crippen LogP contribution >= 0.6 is 0 Å². The highest BCUT2D eigenvalue weighted by molar-refractivity contribution is 7.93. The first kappa shape index (κ1) is 26.2. The zero-order valence-corrected chi connectivity index (χ0v) is 20.9. The van der Waals surface area contributed by atoms with Gasteiger partial charge in [0, 0.05) is 56.9 Å². The Balaban J connectivity index is 1.32. The van der Waals surface area contributed by atoms with Crippen LogP contribution in [0.5, 0.6) is 5.75 Å². The summed E-state index contributed by atoms with van der Waals surface area (Å²) in [5.74, 6) is 0.684. The van der Waals surface area contributed by atoms with Crippen molar-refractivity contribution in [2.75, 3.05) is 51.2 Å². The fourth-order valence-electron chi connectivity index (χ4n) is 4.37. The first-order valence-corrected chi connectivity index (χ1v) is 13.0. The summed E-state index contributed by atoms with van der Waals surface area (Å²) < 4.78 is 68.1. The van der Waals surface area contributed by atoms with Crippen LogP contribution in [0.4, 0.5) is 18.9 Å². The summed E-state index contributed by atoms with van der Waals surface area (Å²) in [7, 11) is -2.93. The summed E-state index contributed by atoms with van der Waals surface area (Å²) in [4.78, 5) is 16.1. The molecule has 0 aliphatic carbocycles. The standard InChI is InChI=1S/C23H29F3N6O3S/c1-30(36(33,34)23(24,25)26)18-5-6-20-19(12-18)17(13-28-20)4-3-7-31-8-10-32(11-9-31)15-21-22(35-2)14-27-16-29-21/h5-6,12-14,16,28H,3-4,7-11,15H2,1-2H3. The third kappa shape index (κ3) is 5.57. The Bertz CT molecular complexity index is 1290. The highest BCUT2D eigenvalue weighted by Crippen LogP contribution is 2.32. The number of alkyl halides is 3. The molecule has 36 heavy (non-hydrogen) atoms. The highest BCUT2D eigenvalue weighted by Gasteiger charge is 2.49. The first-order valence-electron chi connectivity index (χ1n) is 11.5. The topological polar surface area (TPSA) is 94.7 Å². The van der Waals surface area contributed by atoms with Gasteiger partial charge in [0.2, 0.25) is 0 Å². The summed E-state index contributed by atoms with van der Waals surface area (Å²) in [6.07, 6.45) is 6.61. The molecule has 0 radical (unpaired) electrons. The average molecular weight is 527 g/mol. The third-order valence-corrected chi connectivity index (χ3v) is 8.02. The number of sulfonamides is 1. The molecule has 1 N–H and O–H groups in total. The second kappa shape index (κ2) is 10.6. The molecule has 1 aliphatic rings. The number of rotatable bonds is 9. The van der Waals surface area contributed by atoms with Crippen molar-refractivity contribution >= 4 is 26.6 Å². The number of hydrogen-bond acceptors (Lipinski definition) is 7. The van der Waals surface area contributed by atoms with Crippen LogP contribution in [-0.2, 0) is 23.0 Å². The molecular weight excluding hydrogens is 497 g/mol. The van der Waals surface area contributed by atoms with E-state index >= 15 is 0 Å². The Morgan fingerprint density at radius 1 is 1.17 bits per heavy atom. The van der Waals surface area contributed by atoms with Gasteiger partial charge in [-0.1, -0.05) is 0 Å². The van der Waals surface area contributed by atoms with Gasteiger partial charge >= 0.3 is 15.5 Å². The Morgan fingerprint density at radius 3 is 2.58 bits per heavy atom. The van der Waals surface area contributed by atoms with E-state index < -0.39 is 15.5 Å². The number of fused-ring (bicyclic) bond motifs is 1. The molecule has 1 aromatic carbocycles. The molecule has 0 unspecified atom stereocenters. The number of aryl methyl sites for hydroxylation is 1. The number of aromatic amines is 1. The quantitative estimate of drug-likeness (QED) is 0.458. The maximum atomic E-state index is 13.0. The number of ether oxygens (including phenoxy) is 1. The Hall–Kier alpha value is -2.90. The largest absolute Gasteiger partial charge is 0.516 e. The number of piperazine rings is 1. The van der Waals surface area contributed by atoms with E-state index in [0.717, 1.165) is 74.8 Å². The molecule has 0 atom stereocenters. The van der Waals surface area contributed by atoms with E-state index in [1.54, 1.807) is 19.4 Å². The normalized spacial score (nSPS) is 15.9. The fourth-order valence-corrected chi connectivity index (χ4v) is 5.07. The van der Waals surface area contributed by atoms with Crippen molar-refractivity contribution in [3.05, 3.63) is 48.2 Å². The number of hydrogen-bond donors (Lipinski definition) is 1. The van der Waals surface area contributed by atoms with Gasteiger partial charge in [-0.25, -0.2) is 9.97 Å². The van der Waals surface area contributed by atoms with Crippen LogP contribution in [0.3, 0.4) is 0 Å². The van der Waals surface area contributed by atoms with Gasteiger partial charge in [0.1, 0.15) is 6.33 Å². The van der Waals surface area contributed by atoms with Gasteiger partial charge in [0.05, 0.1) is 24.7 Å². The molecule has 3 heterocycles. The summed E-state index contributed by atoms with van der Waals surface area (Å²) in [6, 6.07) is 4.45. The molecule has 0 spiro atoms. The van der Waals surface area contributed by atoms with Crippen LogP contribution < -0.4 is 9.04 Å². The van der Waals surface area contributed by atoms with Crippen LogP contribution in [0.25, 0.3) is 10.9 Å². The maximum Gasteiger partial charge on any atom is 0.516 e. The van der Waals surface area contributed by atoms with Crippen LogP contribution in [-0.4, -0.2) is 85.6 Å². The summed E-state index contributed by atoms with van der Waals surface area (Å²) in [5.41, 5.74) is -2.83. The summed E-state index contributed by atoms with van der Waals surface area (Å²) in [5, 5.41) is 0.723. The predicted octanol–water partition coefficient (Wildman–Crippen LogP) is 3.00. The van der Waals surface area contributed by atoms with E-state index in [1.165, 1.54) is 18.5 Å². The van der Waals surface area contributed by atoms with Crippen LogP contribution in [0.1, 0.15) is 17.7 Å². The van der Waals surface area contributed by atoms with Gasteiger partial charge in [0.25, 0.3) is 0 Å². The van der Waals surface area contributed by atoms with Crippen molar-refractivity contribution in [3.8, 4) is 5.75 Å². The van der Waals surface area contributed by atoms with Crippen LogP contribution in [0.15, 0.2) is 36.9 Å². The summed E-state index contributed by atoms with van der Waals surface area (Å²) >= 11 is 0. The maximum absolute atomic E-state index is 13.0. The molecule has 0 amide bonds. The van der Waals surface area contributed by atoms with Gasteiger partial charge < -0.3 is 14.6 Å². The first-order chi connectivity index (χ1) is 17.1. The molecule has 3 aromatic rings. The van der Waals surface area contributed by atoms with E-state index in [4.69, 9.17) is 4.74 Å². The smallest absolute Gasteiger partial charge is 0.493 e. The predicted molar refractivity (Wildman–Crippen MR) is 130 cm³/mol. The zero-order chi connectivity index (χ0) is 25.9. The molecule has 0 bridgehead atoms. The van der Waals surface area contributed by atoms with Gasteiger partial charge in [-0.3, -0.25) is 9.21 Å². The van der Waals surface area contributed by atoms with Crippen LogP contribution in [0.2, 0.25) is 0 Å². The van der Waals surface area contributed by atoms with E-state index in [2.05, 4.69) is 24.8 Å². The molecule has 2 aromatic heterocycles. The zero-order valence-electron chi connectivity index (χ0n) is 20.1. The van der Waals surface area contributed by atoms with Crippen molar-refractivity contribution in [3.63, 3.8) is 0 Å². The van der Waals surface area contributed by atoms with E-state index in [1.807, 2.05) is 6.20 Å². The monoisotopic (exact) mass is 526 g/mol. The lowest BCUT2D eigenvalue weighted by atomic mass is 10.1. The second-order valence-corrected chi connectivity index (χ2v) is 10.7. The number of benzene rings is 1. The van der Waals surface area contributed by atoms with E-state index in [-0.39, 0.29) is 9.99 Å². The molecule has 13 heteroatoms. The highest BCUT2D eigenvalue weighted by atomic mass is 32.2. The minimum atomic E-state index is -5.46. The van der Waals surface area contributed by atoms with Crippen molar-refractivity contribution < 1.29 is 26.3 Å². The van der Waals surface area contributed by atoms with Crippen molar-refractivity contribution in [1.82, 2.24) is 24.8 Å². The molecule has 1 aliphatic heterocycles. The molecule has 1 fully saturated rings.